The van der Waals surface area contributed by atoms with Crippen molar-refractivity contribution in [3.8, 4) is 10.4 Å². The zero-order valence-electron chi connectivity index (χ0n) is 8.45. The van der Waals surface area contributed by atoms with E-state index in [4.69, 9.17) is 0 Å². The fraction of sp³-hybridized carbons (Fsp3) is 0.0909. The summed E-state index contributed by atoms with van der Waals surface area (Å²) in [6.45, 7) is 0. The van der Waals surface area contributed by atoms with E-state index < -0.39 is 11.7 Å². The highest BCUT2D eigenvalue weighted by molar-refractivity contribution is 7.12. The van der Waals surface area contributed by atoms with Gasteiger partial charge in [-0.25, -0.2) is 9.37 Å². The van der Waals surface area contributed by atoms with Gasteiger partial charge in [-0.1, -0.05) is 6.07 Å². The first-order valence-electron chi connectivity index (χ1n) is 4.56. The quantitative estimate of drug-likeness (QED) is 0.866. The maximum absolute atomic E-state index is 13.4. The predicted molar refractivity (Wildman–Crippen MR) is 59.7 cm³/mol. The lowest BCUT2D eigenvalue weighted by Crippen LogP contribution is -2.19. The van der Waals surface area contributed by atoms with Crippen LogP contribution in [0.1, 0.15) is 10.4 Å². The minimum absolute atomic E-state index is 0.0356. The lowest BCUT2D eigenvalue weighted by molar-refractivity contribution is 0.0959. The fourth-order valence-electron chi connectivity index (χ4n) is 1.31. The zero-order chi connectivity index (χ0) is 11.5. The Labute approximate surface area is 96.0 Å². The van der Waals surface area contributed by atoms with Crippen molar-refractivity contribution in [3.05, 3.63) is 41.3 Å². The van der Waals surface area contributed by atoms with Gasteiger partial charge in [0.25, 0.3) is 5.91 Å². The second kappa shape index (κ2) is 4.40. The highest BCUT2D eigenvalue weighted by atomic mass is 32.1. The van der Waals surface area contributed by atoms with Crippen LogP contribution < -0.4 is 5.32 Å². The smallest absolute Gasteiger partial charge is 0.254 e. The van der Waals surface area contributed by atoms with E-state index in [9.17, 15) is 9.18 Å². The second-order valence-electron chi connectivity index (χ2n) is 3.09. The fourth-order valence-corrected chi connectivity index (χ4v) is 1.86. The number of halogens is 1. The van der Waals surface area contributed by atoms with Crippen LogP contribution >= 0.6 is 11.3 Å². The summed E-state index contributed by atoms with van der Waals surface area (Å²) in [5, 5.41) is 2.40. The third-order valence-electron chi connectivity index (χ3n) is 2.11. The van der Waals surface area contributed by atoms with E-state index in [2.05, 4.69) is 15.8 Å². The van der Waals surface area contributed by atoms with Crippen LogP contribution in [0.15, 0.2) is 24.4 Å². The van der Waals surface area contributed by atoms with Crippen LogP contribution in [0.25, 0.3) is 10.4 Å². The molecule has 1 aromatic carbocycles. The van der Waals surface area contributed by atoms with Gasteiger partial charge in [0, 0.05) is 13.2 Å². The standard InChI is InChI=1S/C11H8FN2OS/c1-13-11(15)8-4-7(2-3-9(8)12)10-5-14-6-16-10/h2-5H,1H3,(H,13,15). The number of carbonyl (C=O) groups is 1. The molecule has 0 saturated heterocycles. The molecule has 0 saturated carbocycles. The molecule has 16 heavy (non-hydrogen) atoms. The molecule has 1 radical (unpaired) electrons. The Hall–Kier alpha value is -1.75. The highest BCUT2D eigenvalue weighted by Crippen LogP contribution is 2.24. The van der Waals surface area contributed by atoms with Crippen LogP contribution in [0.3, 0.4) is 0 Å². The third kappa shape index (κ3) is 1.94. The molecule has 3 nitrogen and oxygen atoms in total. The van der Waals surface area contributed by atoms with Gasteiger partial charge in [-0.15, -0.1) is 11.3 Å². The number of hydrogen-bond donors (Lipinski definition) is 1. The van der Waals surface area contributed by atoms with Gasteiger partial charge in [-0.3, -0.25) is 4.79 Å². The normalized spacial score (nSPS) is 10.1. The minimum atomic E-state index is -0.531. The summed E-state index contributed by atoms with van der Waals surface area (Å²) < 4.78 is 13.4. The number of nitrogens with one attached hydrogen (secondary N) is 1. The van der Waals surface area contributed by atoms with Crippen LogP contribution in [-0.4, -0.2) is 17.9 Å². The number of hydrogen-bond acceptors (Lipinski definition) is 3. The number of rotatable bonds is 2. The number of nitrogens with zero attached hydrogens (tertiary/aromatic N) is 1. The molecule has 0 bridgehead atoms. The Morgan fingerprint density at radius 3 is 3.00 bits per heavy atom. The molecule has 81 valence electrons. The average molecular weight is 235 g/mol. The van der Waals surface area contributed by atoms with Crippen molar-refractivity contribution < 1.29 is 9.18 Å². The summed E-state index contributed by atoms with van der Waals surface area (Å²) in [5.41, 5.74) is 3.50. The molecule has 5 heteroatoms. The van der Waals surface area contributed by atoms with E-state index in [-0.39, 0.29) is 5.56 Å². The first-order valence-corrected chi connectivity index (χ1v) is 5.38. The molecule has 1 aromatic heterocycles. The minimum Gasteiger partial charge on any atom is -0.355 e. The van der Waals surface area contributed by atoms with Crippen LogP contribution in [-0.2, 0) is 0 Å². The topological polar surface area (TPSA) is 42.0 Å². The van der Waals surface area contributed by atoms with E-state index in [0.717, 1.165) is 10.4 Å². The summed E-state index contributed by atoms with van der Waals surface area (Å²) in [6.07, 6.45) is 1.63. The molecule has 1 amide bonds. The van der Waals surface area contributed by atoms with E-state index >= 15 is 0 Å². The molecule has 2 rings (SSSR count). The third-order valence-corrected chi connectivity index (χ3v) is 2.87. The first-order chi connectivity index (χ1) is 7.72. The number of aromatic nitrogens is 1. The molecule has 0 atom stereocenters. The summed E-state index contributed by atoms with van der Waals surface area (Å²) in [6, 6.07) is 4.40. The molecule has 0 unspecified atom stereocenters. The second-order valence-corrected chi connectivity index (χ2v) is 3.92. The summed E-state index contributed by atoms with van der Waals surface area (Å²) >= 11 is 1.32. The zero-order valence-corrected chi connectivity index (χ0v) is 9.27. The Morgan fingerprint density at radius 1 is 1.56 bits per heavy atom. The molecule has 2 aromatic rings. The van der Waals surface area contributed by atoms with E-state index in [0.29, 0.717) is 0 Å². The van der Waals surface area contributed by atoms with Crippen LogP contribution in [0.2, 0.25) is 0 Å². The average Bonchev–Trinajstić information content (AvgIpc) is 2.82. The molecule has 0 aliphatic heterocycles. The molecule has 0 fully saturated rings. The molecule has 0 spiro atoms. The maximum Gasteiger partial charge on any atom is 0.254 e. The van der Waals surface area contributed by atoms with Crippen molar-refractivity contribution in [3.63, 3.8) is 0 Å². The van der Waals surface area contributed by atoms with Gasteiger partial charge in [-0.05, 0) is 17.7 Å². The Kier molecular flexibility index (Phi) is 2.96. The lowest BCUT2D eigenvalue weighted by Gasteiger charge is -2.03. The molecule has 1 N–H and O–H groups in total. The Morgan fingerprint density at radius 2 is 2.38 bits per heavy atom. The summed E-state index contributed by atoms with van der Waals surface area (Å²) in [7, 11) is 1.47. The van der Waals surface area contributed by atoms with Gasteiger partial charge in [0.05, 0.1) is 10.4 Å². The van der Waals surface area contributed by atoms with Gasteiger partial charge in [0.15, 0.2) is 5.51 Å². The van der Waals surface area contributed by atoms with E-state index in [1.165, 1.54) is 30.5 Å². The maximum atomic E-state index is 13.4. The van der Waals surface area contributed by atoms with Crippen molar-refractivity contribution >= 4 is 17.2 Å². The Balaban J connectivity index is 2.47. The molecule has 0 aliphatic rings. The van der Waals surface area contributed by atoms with Gasteiger partial charge in [0.2, 0.25) is 0 Å². The Bertz CT molecular complexity index is 511. The molecular weight excluding hydrogens is 227 g/mol. The van der Waals surface area contributed by atoms with Crippen molar-refractivity contribution in [2.45, 2.75) is 0 Å². The van der Waals surface area contributed by atoms with Crippen molar-refractivity contribution in [2.75, 3.05) is 7.05 Å². The van der Waals surface area contributed by atoms with Gasteiger partial charge >= 0.3 is 0 Å². The van der Waals surface area contributed by atoms with Gasteiger partial charge in [-0.2, -0.15) is 0 Å². The summed E-state index contributed by atoms with van der Waals surface area (Å²) in [5.74, 6) is -0.968. The number of thiazole rings is 1. The largest absolute Gasteiger partial charge is 0.355 e. The van der Waals surface area contributed by atoms with Crippen LogP contribution in [0.5, 0.6) is 0 Å². The van der Waals surface area contributed by atoms with Crippen LogP contribution in [0, 0.1) is 11.3 Å². The number of amides is 1. The highest BCUT2D eigenvalue weighted by Gasteiger charge is 2.11. The SMILES string of the molecule is CNC(=O)c1cc(-c2cn[c]s2)ccc1F. The molecule has 1 heterocycles. The van der Waals surface area contributed by atoms with Crippen molar-refractivity contribution in [1.82, 2.24) is 10.3 Å². The summed E-state index contributed by atoms with van der Waals surface area (Å²) in [4.78, 5) is 16.1. The van der Waals surface area contributed by atoms with E-state index in [1.54, 1.807) is 12.3 Å². The number of carbonyl (C=O) groups excluding carboxylic acids is 1. The van der Waals surface area contributed by atoms with Crippen molar-refractivity contribution in [1.29, 1.82) is 0 Å². The molecule has 0 aliphatic carbocycles. The van der Waals surface area contributed by atoms with Crippen molar-refractivity contribution in [2.24, 2.45) is 0 Å². The first kappa shape index (κ1) is 10.8. The predicted octanol–water partition coefficient (Wildman–Crippen LogP) is 2.11. The lowest BCUT2D eigenvalue weighted by atomic mass is 10.1. The van der Waals surface area contributed by atoms with Crippen LogP contribution in [0.4, 0.5) is 4.39 Å². The van der Waals surface area contributed by atoms with Gasteiger partial charge in [0.1, 0.15) is 5.82 Å². The molecular formula is C11H8FN2OS. The monoisotopic (exact) mass is 235 g/mol. The van der Waals surface area contributed by atoms with E-state index in [1.807, 2.05) is 0 Å². The number of benzene rings is 1. The van der Waals surface area contributed by atoms with Gasteiger partial charge < -0.3 is 5.32 Å².